The summed E-state index contributed by atoms with van der Waals surface area (Å²) >= 11 is 0. The number of alkyl halides is 1. The number of allylic oxidation sites excluding steroid dienone is 2. The van der Waals surface area contributed by atoms with Crippen molar-refractivity contribution in [3.05, 3.63) is 24.1 Å². The van der Waals surface area contributed by atoms with Gasteiger partial charge in [-0.1, -0.05) is 6.08 Å². The van der Waals surface area contributed by atoms with Crippen molar-refractivity contribution in [3.63, 3.8) is 0 Å². The first-order valence-electron chi connectivity index (χ1n) is 2.76. The van der Waals surface area contributed by atoms with Crippen LogP contribution in [0.25, 0.3) is 0 Å². The van der Waals surface area contributed by atoms with Gasteiger partial charge in [-0.2, -0.15) is 0 Å². The van der Waals surface area contributed by atoms with E-state index in [-0.39, 0.29) is 0 Å². The number of hydrogen-bond donors (Lipinski definition) is 2. The van der Waals surface area contributed by atoms with Crippen LogP contribution in [0.1, 0.15) is 0 Å². The molecule has 0 heterocycles. The molecule has 2 atom stereocenters. The van der Waals surface area contributed by atoms with Crippen molar-refractivity contribution in [2.45, 2.75) is 11.9 Å². The summed E-state index contributed by atoms with van der Waals surface area (Å²) in [6.07, 6.45) is 2.90. The van der Waals surface area contributed by atoms with Gasteiger partial charge in [-0.15, -0.1) is 0 Å². The van der Waals surface area contributed by atoms with E-state index in [1.165, 1.54) is 0 Å². The van der Waals surface area contributed by atoms with Gasteiger partial charge in [0, 0.05) is 0 Å². The van der Waals surface area contributed by atoms with E-state index in [4.69, 9.17) is 10.8 Å². The molecular weight excluding hydrogens is 140 g/mol. The molecule has 1 rings (SSSR count). The fourth-order valence-electron chi connectivity index (χ4n) is 0.676. The molecule has 1 aliphatic rings. The van der Waals surface area contributed by atoms with Crippen LogP contribution in [0.2, 0.25) is 0 Å². The number of nitrogens with two attached hydrogens (primary N) is 1. The molecule has 2 unspecified atom stereocenters. The average molecular weight is 147 g/mol. The van der Waals surface area contributed by atoms with Crippen molar-refractivity contribution in [2.75, 3.05) is 0 Å². The molecule has 0 spiro atoms. The average Bonchev–Trinajstić information content (AvgIpc) is 1.83. The molecule has 0 saturated heterocycles. The first-order valence-corrected chi connectivity index (χ1v) is 2.76. The Labute approximate surface area is 56.6 Å². The molecule has 0 fully saturated rings. The highest BCUT2D eigenvalue weighted by molar-refractivity contribution is 5.24. The highest BCUT2D eigenvalue weighted by Crippen LogP contribution is 2.23. The molecule has 56 valence electrons. The van der Waals surface area contributed by atoms with Crippen molar-refractivity contribution < 1.29 is 13.9 Å². The lowest BCUT2D eigenvalue weighted by molar-refractivity contribution is -0.0590. The summed E-state index contributed by atoms with van der Waals surface area (Å²) in [6.45, 7) is 0. The van der Waals surface area contributed by atoms with Crippen LogP contribution >= 0.6 is 0 Å². The molecule has 1 aliphatic carbocycles. The Morgan fingerprint density at radius 3 is 2.70 bits per heavy atom. The second-order valence-electron chi connectivity index (χ2n) is 2.12. The van der Waals surface area contributed by atoms with Crippen LogP contribution in [0.3, 0.4) is 0 Å². The smallest absolute Gasteiger partial charge is 0.248 e. The highest BCUT2D eigenvalue weighted by Gasteiger charge is 2.36. The highest BCUT2D eigenvalue weighted by atomic mass is 19.2. The normalized spacial score (nSPS) is 39.6. The van der Waals surface area contributed by atoms with Crippen molar-refractivity contribution in [1.29, 1.82) is 0 Å². The summed E-state index contributed by atoms with van der Waals surface area (Å²) in [5.74, 6) is -3.59. The first-order chi connectivity index (χ1) is 4.54. The monoisotopic (exact) mass is 147 g/mol. The SMILES string of the molecule is NC1C(F)=CC=CC1(O)F. The molecule has 0 saturated carbocycles. The van der Waals surface area contributed by atoms with Crippen LogP contribution in [-0.2, 0) is 0 Å². The molecule has 0 aromatic carbocycles. The van der Waals surface area contributed by atoms with Gasteiger partial charge in [0.15, 0.2) is 0 Å². The van der Waals surface area contributed by atoms with Crippen molar-refractivity contribution >= 4 is 0 Å². The van der Waals surface area contributed by atoms with Crippen LogP contribution in [0.5, 0.6) is 0 Å². The van der Waals surface area contributed by atoms with Crippen molar-refractivity contribution in [2.24, 2.45) is 5.73 Å². The molecular formula is C6H7F2NO. The Morgan fingerprint density at radius 2 is 2.30 bits per heavy atom. The zero-order chi connectivity index (χ0) is 7.78. The molecule has 0 amide bonds. The Bertz CT molecular complexity index is 198. The lowest BCUT2D eigenvalue weighted by atomic mass is 10.0. The number of rotatable bonds is 0. The van der Waals surface area contributed by atoms with Gasteiger partial charge in [0.1, 0.15) is 11.9 Å². The summed E-state index contributed by atoms with van der Waals surface area (Å²) in [5, 5.41) is 8.65. The maximum absolute atomic E-state index is 12.6. The van der Waals surface area contributed by atoms with Gasteiger partial charge in [0.05, 0.1) is 0 Å². The molecule has 4 heteroatoms. The molecule has 0 aliphatic heterocycles. The van der Waals surface area contributed by atoms with Crippen molar-refractivity contribution in [3.8, 4) is 0 Å². The summed E-state index contributed by atoms with van der Waals surface area (Å²) in [7, 11) is 0. The van der Waals surface area contributed by atoms with Crippen LogP contribution in [0.15, 0.2) is 24.1 Å². The second-order valence-corrected chi connectivity index (χ2v) is 2.12. The van der Waals surface area contributed by atoms with Gasteiger partial charge in [-0.3, -0.25) is 0 Å². The van der Waals surface area contributed by atoms with E-state index < -0.39 is 17.7 Å². The Balaban J connectivity index is 2.89. The standard InChI is InChI=1S/C6H7F2NO/c7-4-2-1-3-6(8,10)5(4)9/h1-3,5,10H,9H2. The maximum Gasteiger partial charge on any atom is 0.248 e. The minimum atomic E-state index is -2.74. The minimum absolute atomic E-state index is 0.806. The lowest BCUT2D eigenvalue weighted by Crippen LogP contribution is -2.44. The molecule has 10 heavy (non-hydrogen) atoms. The van der Waals surface area contributed by atoms with Crippen molar-refractivity contribution in [1.82, 2.24) is 0 Å². The van der Waals surface area contributed by atoms with Crippen LogP contribution in [-0.4, -0.2) is 17.0 Å². The Hall–Kier alpha value is -0.740. The van der Waals surface area contributed by atoms with Crippen LogP contribution < -0.4 is 5.73 Å². The topological polar surface area (TPSA) is 46.2 Å². The Kier molecular flexibility index (Phi) is 1.58. The van der Waals surface area contributed by atoms with E-state index >= 15 is 0 Å². The molecule has 0 aromatic heterocycles. The third-order valence-electron chi connectivity index (χ3n) is 1.32. The van der Waals surface area contributed by atoms with E-state index in [2.05, 4.69) is 0 Å². The van der Waals surface area contributed by atoms with Gasteiger partial charge < -0.3 is 10.8 Å². The molecule has 0 bridgehead atoms. The predicted molar refractivity (Wildman–Crippen MR) is 32.4 cm³/mol. The van der Waals surface area contributed by atoms with Gasteiger partial charge in [0.2, 0.25) is 5.85 Å². The zero-order valence-corrected chi connectivity index (χ0v) is 5.09. The number of halogens is 2. The Morgan fingerprint density at radius 1 is 1.70 bits per heavy atom. The number of aliphatic hydroxyl groups is 1. The fraction of sp³-hybridized carbons (Fsp3) is 0.333. The van der Waals surface area contributed by atoms with E-state index in [0.717, 1.165) is 18.2 Å². The van der Waals surface area contributed by atoms with E-state index in [1.807, 2.05) is 0 Å². The van der Waals surface area contributed by atoms with Gasteiger partial charge >= 0.3 is 0 Å². The lowest BCUT2D eigenvalue weighted by Gasteiger charge is -2.23. The fourth-order valence-corrected chi connectivity index (χ4v) is 0.676. The summed E-state index contributed by atoms with van der Waals surface area (Å²) < 4.78 is 24.9. The van der Waals surface area contributed by atoms with E-state index in [1.54, 1.807) is 0 Å². The molecule has 0 aromatic rings. The van der Waals surface area contributed by atoms with Gasteiger partial charge in [-0.25, -0.2) is 8.78 Å². The summed E-state index contributed by atoms with van der Waals surface area (Å²) in [6, 6.07) is -1.59. The maximum atomic E-state index is 12.6. The summed E-state index contributed by atoms with van der Waals surface area (Å²) in [5.41, 5.74) is 4.94. The quantitative estimate of drug-likeness (QED) is 0.520. The summed E-state index contributed by atoms with van der Waals surface area (Å²) in [4.78, 5) is 0. The minimum Gasteiger partial charge on any atom is -0.357 e. The van der Waals surface area contributed by atoms with Crippen LogP contribution in [0, 0.1) is 0 Å². The molecule has 2 nitrogen and oxygen atoms in total. The largest absolute Gasteiger partial charge is 0.357 e. The predicted octanol–water partition coefficient (Wildman–Crippen LogP) is 0.395. The second kappa shape index (κ2) is 2.14. The van der Waals surface area contributed by atoms with Crippen LogP contribution in [0.4, 0.5) is 8.78 Å². The van der Waals surface area contributed by atoms with Gasteiger partial charge in [-0.05, 0) is 12.2 Å². The molecule has 0 radical (unpaired) electrons. The molecule has 3 N–H and O–H groups in total. The zero-order valence-electron chi connectivity index (χ0n) is 5.09. The van der Waals surface area contributed by atoms with Gasteiger partial charge in [0.25, 0.3) is 0 Å². The first kappa shape index (κ1) is 7.37. The van der Waals surface area contributed by atoms with E-state index in [9.17, 15) is 8.78 Å². The third kappa shape index (κ3) is 1.08. The number of hydrogen-bond acceptors (Lipinski definition) is 2. The third-order valence-corrected chi connectivity index (χ3v) is 1.32. The van der Waals surface area contributed by atoms with E-state index in [0.29, 0.717) is 0 Å².